The fourth-order valence-electron chi connectivity index (χ4n) is 1.29. The van der Waals surface area contributed by atoms with E-state index in [1.807, 2.05) is 0 Å². The van der Waals surface area contributed by atoms with Gasteiger partial charge in [-0.1, -0.05) is 0 Å². The molecule has 0 aromatic heterocycles. The van der Waals surface area contributed by atoms with E-state index in [4.69, 9.17) is 4.74 Å². The van der Waals surface area contributed by atoms with Gasteiger partial charge in [-0.15, -0.1) is 0 Å². The standard InChI is InChI=1S/C11H16FNO3S/c1-16-10-3-4-11(12)9(7-10)8-13-5-6-17(2,14)15/h3-4,7,13H,5-6,8H2,1-2H3. The van der Waals surface area contributed by atoms with Crippen LogP contribution >= 0.6 is 0 Å². The topological polar surface area (TPSA) is 55.4 Å². The maximum Gasteiger partial charge on any atom is 0.148 e. The van der Waals surface area contributed by atoms with Gasteiger partial charge in [0.15, 0.2) is 0 Å². The van der Waals surface area contributed by atoms with Gasteiger partial charge in [-0.25, -0.2) is 12.8 Å². The molecule has 17 heavy (non-hydrogen) atoms. The second-order valence-corrected chi connectivity index (χ2v) is 6.02. The molecule has 0 aliphatic carbocycles. The zero-order chi connectivity index (χ0) is 12.9. The quantitative estimate of drug-likeness (QED) is 0.775. The van der Waals surface area contributed by atoms with Gasteiger partial charge >= 0.3 is 0 Å². The van der Waals surface area contributed by atoms with Crippen molar-refractivity contribution in [2.45, 2.75) is 6.54 Å². The molecule has 0 amide bonds. The largest absolute Gasteiger partial charge is 0.497 e. The fraction of sp³-hybridized carbons (Fsp3) is 0.455. The predicted octanol–water partition coefficient (Wildman–Crippen LogP) is 0.968. The van der Waals surface area contributed by atoms with Crippen molar-refractivity contribution in [2.75, 3.05) is 25.7 Å². The van der Waals surface area contributed by atoms with Crippen LogP contribution in [-0.4, -0.2) is 34.1 Å². The lowest BCUT2D eigenvalue weighted by atomic mass is 10.2. The number of hydrogen-bond acceptors (Lipinski definition) is 4. The summed E-state index contributed by atoms with van der Waals surface area (Å²) in [6.07, 6.45) is 1.17. The molecule has 0 fully saturated rings. The zero-order valence-electron chi connectivity index (χ0n) is 9.86. The van der Waals surface area contributed by atoms with E-state index in [1.165, 1.54) is 25.5 Å². The van der Waals surface area contributed by atoms with Gasteiger partial charge < -0.3 is 10.1 Å². The zero-order valence-corrected chi connectivity index (χ0v) is 10.7. The summed E-state index contributed by atoms with van der Waals surface area (Å²) in [6, 6.07) is 4.45. The number of ether oxygens (including phenoxy) is 1. The molecule has 1 rings (SSSR count). The van der Waals surface area contributed by atoms with Crippen LogP contribution in [0, 0.1) is 5.82 Å². The van der Waals surface area contributed by atoms with Crippen LogP contribution in [0.25, 0.3) is 0 Å². The van der Waals surface area contributed by atoms with E-state index in [2.05, 4.69) is 5.32 Å². The predicted molar refractivity (Wildman–Crippen MR) is 64.4 cm³/mol. The van der Waals surface area contributed by atoms with Gasteiger partial charge in [-0.3, -0.25) is 0 Å². The Balaban J connectivity index is 2.51. The first-order valence-electron chi connectivity index (χ1n) is 5.13. The van der Waals surface area contributed by atoms with Gasteiger partial charge in [0.25, 0.3) is 0 Å². The molecular formula is C11H16FNO3S. The number of nitrogens with one attached hydrogen (secondary N) is 1. The summed E-state index contributed by atoms with van der Waals surface area (Å²) in [5.41, 5.74) is 0.456. The molecule has 0 heterocycles. The first kappa shape index (κ1) is 13.9. The monoisotopic (exact) mass is 261 g/mol. The average molecular weight is 261 g/mol. The molecular weight excluding hydrogens is 245 g/mol. The van der Waals surface area contributed by atoms with Gasteiger partial charge in [-0.05, 0) is 18.2 Å². The van der Waals surface area contributed by atoms with Crippen molar-refractivity contribution in [3.63, 3.8) is 0 Å². The molecule has 96 valence electrons. The minimum absolute atomic E-state index is 0.0403. The van der Waals surface area contributed by atoms with Gasteiger partial charge in [0.05, 0.1) is 12.9 Å². The molecule has 1 aromatic carbocycles. The van der Waals surface area contributed by atoms with Gasteiger partial charge in [0, 0.05) is 24.9 Å². The first-order valence-corrected chi connectivity index (χ1v) is 7.19. The first-order chi connectivity index (χ1) is 7.92. The summed E-state index contributed by atoms with van der Waals surface area (Å²) >= 11 is 0. The van der Waals surface area contributed by atoms with Crippen molar-refractivity contribution < 1.29 is 17.5 Å². The Hall–Kier alpha value is -1.14. The number of benzene rings is 1. The van der Waals surface area contributed by atoms with E-state index in [0.29, 0.717) is 17.9 Å². The Morgan fingerprint density at radius 3 is 2.71 bits per heavy atom. The van der Waals surface area contributed by atoms with Crippen LogP contribution in [0.3, 0.4) is 0 Å². The number of rotatable bonds is 6. The van der Waals surface area contributed by atoms with Crippen molar-refractivity contribution in [3.05, 3.63) is 29.6 Å². The number of sulfone groups is 1. The molecule has 4 nitrogen and oxygen atoms in total. The summed E-state index contributed by atoms with van der Waals surface area (Å²) in [4.78, 5) is 0. The average Bonchev–Trinajstić information content (AvgIpc) is 2.25. The normalized spacial score (nSPS) is 11.5. The molecule has 1 N–H and O–H groups in total. The van der Waals surface area contributed by atoms with E-state index >= 15 is 0 Å². The van der Waals surface area contributed by atoms with Crippen LogP contribution in [0.15, 0.2) is 18.2 Å². The highest BCUT2D eigenvalue weighted by Crippen LogP contribution is 2.16. The van der Waals surface area contributed by atoms with Gasteiger partial charge in [0.1, 0.15) is 21.4 Å². The summed E-state index contributed by atoms with van der Waals surface area (Å²) in [5, 5.41) is 2.88. The van der Waals surface area contributed by atoms with E-state index in [0.717, 1.165) is 0 Å². The molecule has 0 saturated heterocycles. The van der Waals surface area contributed by atoms with Gasteiger partial charge in [0.2, 0.25) is 0 Å². The second-order valence-electron chi connectivity index (χ2n) is 3.76. The number of methoxy groups -OCH3 is 1. The summed E-state index contributed by atoms with van der Waals surface area (Å²) in [6.45, 7) is 0.577. The van der Waals surface area contributed by atoms with Crippen molar-refractivity contribution in [1.29, 1.82) is 0 Å². The third-order valence-corrected chi connectivity index (χ3v) is 3.16. The van der Waals surface area contributed by atoms with Crippen molar-refractivity contribution in [2.24, 2.45) is 0 Å². The highest BCUT2D eigenvalue weighted by Gasteiger charge is 2.05. The minimum Gasteiger partial charge on any atom is -0.497 e. The third-order valence-electron chi connectivity index (χ3n) is 2.22. The van der Waals surface area contributed by atoms with E-state index < -0.39 is 9.84 Å². The van der Waals surface area contributed by atoms with Gasteiger partial charge in [-0.2, -0.15) is 0 Å². The summed E-state index contributed by atoms with van der Waals surface area (Å²) in [7, 11) is -1.47. The summed E-state index contributed by atoms with van der Waals surface area (Å²) in [5.74, 6) is 0.280. The molecule has 6 heteroatoms. The molecule has 1 aromatic rings. The molecule has 0 spiro atoms. The Bertz CT molecular complexity index is 474. The second kappa shape index (κ2) is 5.97. The molecule has 0 unspecified atom stereocenters. The lowest BCUT2D eigenvalue weighted by molar-refractivity contribution is 0.412. The molecule has 0 radical (unpaired) electrons. The van der Waals surface area contributed by atoms with E-state index in [9.17, 15) is 12.8 Å². The maximum atomic E-state index is 13.4. The van der Waals surface area contributed by atoms with Crippen LogP contribution in [0.5, 0.6) is 5.75 Å². The van der Waals surface area contributed by atoms with Crippen molar-refractivity contribution >= 4 is 9.84 Å². The van der Waals surface area contributed by atoms with E-state index in [-0.39, 0.29) is 18.1 Å². The highest BCUT2D eigenvalue weighted by molar-refractivity contribution is 7.90. The van der Waals surface area contributed by atoms with Crippen LogP contribution in [0.4, 0.5) is 4.39 Å². The Labute approximate surface area is 101 Å². The number of hydrogen-bond donors (Lipinski definition) is 1. The lowest BCUT2D eigenvalue weighted by Gasteiger charge is -2.07. The molecule has 0 bridgehead atoms. The Kier molecular flexibility index (Phi) is 4.89. The minimum atomic E-state index is -2.98. The van der Waals surface area contributed by atoms with Crippen LogP contribution in [0.1, 0.15) is 5.56 Å². The van der Waals surface area contributed by atoms with E-state index in [1.54, 1.807) is 6.07 Å². The SMILES string of the molecule is COc1ccc(F)c(CNCCS(C)(=O)=O)c1. The molecule has 0 atom stereocenters. The Morgan fingerprint density at radius 2 is 2.12 bits per heavy atom. The summed E-state index contributed by atoms with van der Waals surface area (Å²) < 4.78 is 40.1. The van der Waals surface area contributed by atoms with Crippen LogP contribution in [0.2, 0.25) is 0 Å². The maximum absolute atomic E-state index is 13.4. The van der Waals surface area contributed by atoms with Crippen molar-refractivity contribution in [3.8, 4) is 5.75 Å². The van der Waals surface area contributed by atoms with Crippen molar-refractivity contribution in [1.82, 2.24) is 5.32 Å². The van der Waals surface area contributed by atoms with Crippen LogP contribution < -0.4 is 10.1 Å². The molecule has 0 aliphatic rings. The molecule has 0 saturated carbocycles. The highest BCUT2D eigenvalue weighted by atomic mass is 32.2. The molecule has 0 aliphatic heterocycles. The smallest absolute Gasteiger partial charge is 0.148 e. The Morgan fingerprint density at radius 1 is 1.41 bits per heavy atom. The van der Waals surface area contributed by atoms with Crippen LogP contribution in [-0.2, 0) is 16.4 Å². The third kappa shape index (κ3) is 5.14. The lowest BCUT2D eigenvalue weighted by Crippen LogP contribution is -2.22. The number of halogens is 1. The fourth-order valence-corrected chi connectivity index (χ4v) is 1.81.